The lowest BCUT2D eigenvalue weighted by Crippen LogP contribution is -2.58. The first-order valence-electron chi connectivity index (χ1n) is 9.86. The minimum atomic E-state index is -4.52. The van der Waals surface area contributed by atoms with E-state index >= 15 is 0 Å². The van der Waals surface area contributed by atoms with Gasteiger partial charge in [0.05, 0.1) is 25.0 Å². The standard InChI is InChI=1S/C20H16F5N5O2.CH2O2/c21-19(22)10-29(11-19)17(31)13-4-5-30-15(8-26-16(30)7-13)12-2-1-3-14(6-12)28-18(32)27-9-20(23,24)25;2-1-3/h1-8H,9-11H2,(H2,27,28,32);1H,(H,2,3). The molecule has 4 rings (SSSR count). The van der Waals surface area contributed by atoms with Crippen molar-refractivity contribution in [3.8, 4) is 11.3 Å². The largest absolute Gasteiger partial charge is 0.483 e. The number of pyridine rings is 1. The van der Waals surface area contributed by atoms with E-state index in [2.05, 4.69) is 10.3 Å². The zero-order valence-electron chi connectivity index (χ0n) is 17.7. The van der Waals surface area contributed by atoms with E-state index in [1.165, 1.54) is 24.4 Å². The number of imidazole rings is 1. The second-order valence-electron chi connectivity index (χ2n) is 7.41. The molecule has 3 amide bonds. The molecule has 0 bridgehead atoms. The fourth-order valence-corrected chi connectivity index (χ4v) is 3.28. The van der Waals surface area contributed by atoms with Crippen LogP contribution in [-0.4, -0.2) is 69.5 Å². The number of likely N-dealkylation sites (tertiary alicyclic amines) is 1. The fraction of sp³-hybridized carbons (Fsp3) is 0.238. The van der Waals surface area contributed by atoms with Crippen molar-refractivity contribution in [2.24, 2.45) is 0 Å². The number of nitrogens with one attached hydrogen (secondary N) is 2. The number of aromatic nitrogens is 2. The number of carboxylic acid groups (broad SMARTS) is 1. The summed E-state index contributed by atoms with van der Waals surface area (Å²) in [7, 11) is 0. The number of hydrogen-bond donors (Lipinski definition) is 3. The molecule has 0 saturated carbocycles. The van der Waals surface area contributed by atoms with Crippen LogP contribution in [0.3, 0.4) is 0 Å². The minimum Gasteiger partial charge on any atom is -0.483 e. The zero-order chi connectivity index (χ0) is 25.8. The van der Waals surface area contributed by atoms with E-state index < -0.39 is 43.7 Å². The van der Waals surface area contributed by atoms with Gasteiger partial charge in [-0.25, -0.2) is 18.6 Å². The summed E-state index contributed by atoms with van der Waals surface area (Å²) in [6.45, 7) is -2.94. The number of alkyl halides is 5. The molecule has 9 nitrogen and oxygen atoms in total. The van der Waals surface area contributed by atoms with Gasteiger partial charge in [-0.2, -0.15) is 13.2 Å². The summed E-state index contributed by atoms with van der Waals surface area (Å²) in [6, 6.07) is 8.35. The number of halogens is 5. The molecule has 3 heterocycles. The number of carbonyl (C=O) groups excluding carboxylic acids is 2. The van der Waals surface area contributed by atoms with Crippen molar-refractivity contribution in [1.82, 2.24) is 19.6 Å². The molecule has 1 fully saturated rings. The quantitative estimate of drug-likeness (QED) is 0.376. The topological polar surface area (TPSA) is 116 Å². The van der Waals surface area contributed by atoms with Crippen molar-refractivity contribution in [3.05, 3.63) is 54.4 Å². The molecule has 0 spiro atoms. The number of hydrogen-bond acceptors (Lipinski definition) is 4. The molecule has 1 aliphatic rings. The van der Waals surface area contributed by atoms with Crippen LogP contribution in [-0.2, 0) is 4.79 Å². The molecule has 35 heavy (non-hydrogen) atoms. The molecule has 1 saturated heterocycles. The van der Waals surface area contributed by atoms with Gasteiger partial charge in [0.2, 0.25) is 0 Å². The Hall–Kier alpha value is -4.23. The predicted octanol–water partition coefficient (Wildman–Crippen LogP) is 3.48. The average molecular weight is 499 g/mol. The minimum absolute atomic E-state index is 0.224. The van der Waals surface area contributed by atoms with Crippen LogP contribution in [0.15, 0.2) is 48.8 Å². The molecule has 2 aromatic heterocycles. The van der Waals surface area contributed by atoms with Gasteiger partial charge in [-0.15, -0.1) is 0 Å². The number of anilines is 1. The van der Waals surface area contributed by atoms with Gasteiger partial charge in [0.25, 0.3) is 18.3 Å². The summed E-state index contributed by atoms with van der Waals surface area (Å²) in [5.74, 6) is -3.37. The molecule has 0 radical (unpaired) electrons. The van der Waals surface area contributed by atoms with Crippen LogP contribution in [0.1, 0.15) is 10.4 Å². The second-order valence-corrected chi connectivity index (χ2v) is 7.41. The highest BCUT2D eigenvalue weighted by molar-refractivity contribution is 5.96. The molecular weight excluding hydrogens is 481 g/mol. The van der Waals surface area contributed by atoms with Gasteiger partial charge in [-0.1, -0.05) is 12.1 Å². The number of rotatable bonds is 4. The predicted molar refractivity (Wildman–Crippen MR) is 113 cm³/mol. The maximum atomic E-state index is 13.0. The molecule has 3 N–H and O–H groups in total. The van der Waals surface area contributed by atoms with E-state index in [1.807, 2.05) is 0 Å². The highest BCUT2D eigenvalue weighted by atomic mass is 19.4. The Morgan fingerprint density at radius 2 is 1.86 bits per heavy atom. The van der Waals surface area contributed by atoms with Gasteiger partial charge >= 0.3 is 12.2 Å². The number of benzene rings is 1. The summed E-state index contributed by atoms with van der Waals surface area (Å²) >= 11 is 0. The molecular formula is C21H18F5N5O4. The van der Waals surface area contributed by atoms with Gasteiger partial charge in [0, 0.05) is 23.0 Å². The van der Waals surface area contributed by atoms with Crippen LogP contribution in [0.5, 0.6) is 0 Å². The number of fused-ring (bicyclic) bond motifs is 1. The fourth-order valence-electron chi connectivity index (χ4n) is 3.28. The summed E-state index contributed by atoms with van der Waals surface area (Å²) in [5, 5.41) is 10.9. The molecule has 14 heteroatoms. The summed E-state index contributed by atoms with van der Waals surface area (Å²) in [5.41, 5.74) is 2.09. The lowest BCUT2D eigenvalue weighted by molar-refractivity contribution is -0.123. The van der Waals surface area contributed by atoms with Crippen LogP contribution in [0.2, 0.25) is 0 Å². The zero-order valence-corrected chi connectivity index (χ0v) is 17.7. The van der Waals surface area contributed by atoms with E-state index in [9.17, 15) is 31.5 Å². The highest BCUT2D eigenvalue weighted by Crippen LogP contribution is 2.29. The third kappa shape index (κ3) is 6.43. The van der Waals surface area contributed by atoms with Gasteiger partial charge in [-0.05, 0) is 24.3 Å². The lowest BCUT2D eigenvalue weighted by Gasteiger charge is -2.38. The van der Waals surface area contributed by atoms with E-state index in [4.69, 9.17) is 9.90 Å². The Balaban J connectivity index is 0.00000108. The Morgan fingerprint density at radius 1 is 1.17 bits per heavy atom. The number of nitrogens with zero attached hydrogens (tertiary/aromatic N) is 3. The average Bonchev–Trinajstić information content (AvgIpc) is 3.19. The van der Waals surface area contributed by atoms with E-state index in [1.54, 1.807) is 34.1 Å². The number of urea groups is 1. The molecule has 3 aromatic rings. The van der Waals surface area contributed by atoms with Crippen molar-refractivity contribution < 1.29 is 41.4 Å². The van der Waals surface area contributed by atoms with Crippen LogP contribution in [0.4, 0.5) is 32.4 Å². The Morgan fingerprint density at radius 3 is 2.49 bits per heavy atom. The number of carbonyl (C=O) groups is 3. The van der Waals surface area contributed by atoms with Crippen molar-refractivity contribution in [2.45, 2.75) is 12.1 Å². The monoisotopic (exact) mass is 499 g/mol. The van der Waals surface area contributed by atoms with Crippen LogP contribution < -0.4 is 10.6 Å². The van der Waals surface area contributed by atoms with Gasteiger partial charge in [0.1, 0.15) is 12.2 Å². The van der Waals surface area contributed by atoms with Crippen LogP contribution >= 0.6 is 0 Å². The van der Waals surface area contributed by atoms with Gasteiger partial charge in [0.15, 0.2) is 0 Å². The van der Waals surface area contributed by atoms with Crippen molar-refractivity contribution >= 4 is 29.7 Å². The molecule has 1 aromatic carbocycles. The lowest BCUT2D eigenvalue weighted by atomic mass is 10.1. The first-order valence-corrected chi connectivity index (χ1v) is 9.86. The summed E-state index contributed by atoms with van der Waals surface area (Å²) in [6.07, 6.45) is -1.43. The van der Waals surface area contributed by atoms with Crippen molar-refractivity contribution in [2.75, 3.05) is 25.0 Å². The van der Waals surface area contributed by atoms with Crippen LogP contribution in [0.25, 0.3) is 16.9 Å². The van der Waals surface area contributed by atoms with Gasteiger partial charge < -0.3 is 20.6 Å². The Kier molecular flexibility index (Phi) is 7.22. The Labute approximate surface area is 194 Å². The molecule has 1 aliphatic heterocycles. The normalized spacial score (nSPS) is 14.4. The smallest absolute Gasteiger partial charge is 0.405 e. The van der Waals surface area contributed by atoms with Crippen LogP contribution in [0, 0.1) is 0 Å². The van der Waals surface area contributed by atoms with Gasteiger partial charge in [-0.3, -0.25) is 14.0 Å². The maximum Gasteiger partial charge on any atom is 0.405 e. The SMILES string of the molecule is O=C(NCC(F)(F)F)Nc1cccc(-c2cnc3cc(C(=O)N4CC(F)(F)C4)ccn23)c1.O=CO. The Bertz CT molecular complexity index is 1240. The summed E-state index contributed by atoms with van der Waals surface area (Å²) in [4.78, 5) is 37.7. The molecule has 186 valence electrons. The first kappa shape index (κ1) is 25.4. The third-order valence-corrected chi connectivity index (χ3v) is 4.76. The maximum absolute atomic E-state index is 13.0. The molecule has 0 atom stereocenters. The van der Waals surface area contributed by atoms with Crippen molar-refractivity contribution in [1.29, 1.82) is 0 Å². The number of amides is 3. The first-order chi connectivity index (χ1) is 16.4. The third-order valence-electron chi connectivity index (χ3n) is 4.76. The summed E-state index contributed by atoms with van der Waals surface area (Å²) < 4.78 is 64.4. The van der Waals surface area contributed by atoms with E-state index in [-0.39, 0.29) is 17.7 Å². The van der Waals surface area contributed by atoms with E-state index in [0.717, 1.165) is 4.90 Å². The van der Waals surface area contributed by atoms with E-state index in [0.29, 0.717) is 16.9 Å². The van der Waals surface area contributed by atoms with Crippen molar-refractivity contribution in [3.63, 3.8) is 0 Å². The highest BCUT2D eigenvalue weighted by Gasteiger charge is 2.46. The molecule has 0 aliphatic carbocycles. The molecule has 0 unspecified atom stereocenters. The second kappa shape index (κ2) is 9.95.